The molecule has 1 aliphatic rings. The van der Waals surface area contributed by atoms with E-state index in [1.807, 2.05) is 6.92 Å². The Labute approximate surface area is 123 Å². The predicted octanol–water partition coefficient (Wildman–Crippen LogP) is 2.16. The SMILES string of the molecule is CCc1ccc(C(=O)NC2(CN)CCCC2)cc1[N+](=O)[O-]. The first kappa shape index (κ1) is 15.4. The molecule has 6 heteroatoms. The number of aryl methyl sites for hydroxylation is 1. The Morgan fingerprint density at radius 1 is 1.43 bits per heavy atom. The molecule has 0 aliphatic heterocycles. The molecule has 21 heavy (non-hydrogen) atoms. The minimum absolute atomic E-state index is 0.00151. The second kappa shape index (κ2) is 6.22. The highest BCUT2D eigenvalue weighted by Crippen LogP contribution is 2.29. The molecule has 2 rings (SSSR count). The standard InChI is InChI=1S/C15H21N3O3/c1-2-11-5-6-12(9-13(11)18(20)21)14(19)17-15(10-16)7-3-4-8-15/h5-6,9H,2-4,7-8,10,16H2,1H3,(H,17,19). The number of nitro groups is 1. The minimum atomic E-state index is -0.441. The summed E-state index contributed by atoms with van der Waals surface area (Å²) in [5, 5.41) is 14.0. The summed E-state index contributed by atoms with van der Waals surface area (Å²) < 4.78 is 0. The van der Waals surface area contributed by atoms with E-state index in [0.717, 1.165) is 25.7 Å². The molecule has 1 aromatic rings. The second-order valence-corrected chi connectivity index (χ2v) is 5.60. The zero-order chi connectivity index (χ0) is 15.5. The highest BCUT2D eigenvalue weighted by atomic mass is 16.6. The van der Waals surface area contributed by atoms with Gasteiger partial charge in [0, 0.05) is 23.7 Å². The van der Waals surface area contributed by atoms with E-state index in [9.17, 15) is 14.9 Å². The number of rotatable bonds is 5. The first-order chi connectivity index (χ1) is 10.0. The summed E-state index contributed by atoms with van der Waals surface area (Å²) in [4.78, 5) is 23.0. The zero-order valence-electron chi connectivity index (χ0n) is 12.2. The van der Waals surface area contributed by atoms with Gasteiger partial charge in [0.1, 0.15) is 0 Å². The number of benzene rings is 1. The van der Waals surface area contributed by atoms with Crippen molar-refractivity contribution in [2.75, 3.05) is 6.54 Å². The maximum absolute atomic E-state index is 12.3. The quantitative estimate of drug-likeness (QED) is 0.641. The van der Waals surface area contributed by atoms with Crippen LogP contribution in [0.2, 0.25) is 0 Å². The van der Waals surface area contributed by atoms with Gasteiger partial charge in [-0.2, -0.15) is 0 Å². The Hall–Kier alpha value is -1.95. The number of carbonyl (C=O) groups is 1. The van der Waals surface area contributed by atoms with Crippen molar-refractivity contribution in [3.05, 3.63) is 39.4 Å². The lowest BCUT2D eigenvalue weighted by molar-refractivity contribution is -0.385. The summed E-state index contributed by atoms with van der Waals surface area (Å²) in [6.07, 6.45) is 4.39. The molecule has 0 aromatic heterocycles. The summed E-state index contributed by atoms with van der Waals surface area (Å²) in [5.74, 6) is -0.284. The Balaban J connectivity index is 2.23. The highest BCUT2D eigenvalue weighted by molar-refractivity contribution is 5.95. The van der Waals surface area contributed by atoms with Crippen LogP contribution in [0.25, 0.3) is 0 Å². The van der Waals surface area contributed by atoms with Crippen molar-refractivity contribution in [1.29, 1.82) is 0 Å². The van der Waals surface area contributed by atoms with Crippen LogP contribution in [0.1, 0.15) is 48.5 Å². The molecule has 0 atom stereocenters. The van der Waals surface area contributed by atoms with Gasteiger partial charge in [0.25, 0.3) is 11.6 Å². The van der Waals surface area contributed by atoms with Crippen molar-refractivity contribution in [3.63, 3.8) is 0 Å². The monoisotopic (exact) mass is 291 g/mol. The average Bonchev–Trinajstić information content (AvgIpc) is 2.95. The van der Waals surface area contributed by atoms with Crippen LogP contribution in [0.4, 0.5) is 5.69 Å². The third kappa shape index (κ3) is 3.21. The average molecular weight is 291 g/mol. The van der Waals surface area contributed by atoms with E-state index in [1.165, 1.54) is 6.07 Å². The molecule has 1 fully saturated rings. The van der Waals surface area contributed by atoms with Gasteiger partial charge in [-0.05, 0) is 25.3 Å². The van der Waals surface area contributed by atoms with Crippen LogP contribution < -0.4 is 11.1 Å². The van der Waals surface area contributed by atoms with Crippen molar-refractivity contribution in [1.82, 2.24) is 5.32 Å². The lowest BCUT2D eigenvalue weighted by Gasteiger charge is -2.28. The Morgan fingerprint density at radius 3 is 2.62 bits per heavy atom. The number of amides is 1. The summed E-state index contributed by atoms with van der Waals surface area (Å²) >= 11 is 0. The van der Waals surface area contributed by atoms with Gasteiger partial charge in [-0.25, -0.2) is 0 Å². The van der Waals surface area contributed by atoms with Crippen LogP contribution in [0.3, 0.4) is 0 Å². The number of hydrogen-bond donors (Lipinski definition) is 2. The zero-order valence-corrected chi connectivity index (χ0v) is 12.2. The summed E-state index contributed by atoms with van der Waals surface area (Å²) in [5.41, 5.74) is 6.39. The third-order valence-electron chi connectivity index (χ3n) is 4.26. The first-order valence-electron chi connectivity index (χ1n) is 7.31. The Morgan fingerprint density at radius 2 is 2.10 bits per heavy atom. The van der Waals surface area contributed by atoms with E-state index in [1.54, 1.807) is 12.1 Å². The third-order valence-corrected chi connectivity index (χ3v) is 4.26. The fraction of sp³-hybridized carbons (Fsp3) is 0.533. The van der Waals surface area contributed by atoms with Crippen LogP contribution in [-0.4, -0.2) is 22.9 Å². The van der Waals surface area contributed by atoms with Gasteiger partial charge in [-0.15, -0.1) is 0 Å². The molecule has 3 N–H and O–H groups in total. The number of nitrogens with zero attached hydrogens (tertiary/aromatic N) is 1. The molecule has 1 aliphatic carbocycles. The number of carbonyl (C=O) groups excluding carboxylic acids is 1. The maximum atomic E-state index is 12.3. The summed E-state index contributed by atoms with van der Waals surface area (Å²) in [7, 11) is 0. The highest BCUT2D eigenvalue weighted by Gasteiger charge is 2.34. The lowest BCUT2D eigenvalue weighted by atomic mass is 9.97. The van der Waals surface area contributed by atoms with E-state index in [4.69, 9.17) is 5.73 Å². The van der Waals surface area contributed by atoms with Gasteiger partial charge >= 0.3 is 0 Å². The van der Waals surface area contributed by atoms with Gasteiger partial charge in [0.2, 0.25) is 0 Å². The van der Waals surface area contributed by atoms with Crippen LogP contribution >= 0.6 is 0 Å². The van der Waals surface area contributed by atoms with Crippen LogP contribution in [0, 0.1) is 10.1 Å². The van der Waals surface area contributed by atoms with Crippen LogP contribution in [-0.2, 0) is 6.42 Å². The van der Waals surface area contributed by atoms with E-state index in [2.05, 4.69) is 5.32 Å². The van der Waals surface area contributed by atoms with Gasteiger partial charge in [0.05, 0.1) is 10.5 Å². The molecule has 0 saturated heterocycles. The molecule has 1 amide bonds. The smallest absolute Gasteiger partial charge is 0.273 e. The number of nitro benzene ring substituents is 1. The van der Waals surface area contributed by atoms with E-state index < -0.39 is 4.92 Å². The number of nitrogens with two attached hydrogens (primary N) is 1. The minimum Gasteiger partial charge on any atom is -0.345 e. The predicted molar refractivity (Wildman–Crippen MR) is 80.2 cm³/mol. The van der Waals surface area contributed by atoms with Crippen LogP contribution in [0.15, 0.2) is 18.2 Å². The summed E-state index contributed by atoms with van der Waals surface area (Å²) in [6.45, 7) is 2.25. The fourth-order valence-electron chi connectivity index (χ4n) is 2.92. The van der Waals surface area contributed by atoms with Crippen molar-refractivity contribution >= 4 is 11.6 Å². The lowest BCUT2D eigenvalue weighted by Crippen LogP contribution is -2.51. The molecule has 0 heterocycles. The normalized spacial score (nSPS) is 16.7. The first-order valence-corrected chi connectivity index (χ1v) is 7.31. The number of hydrogen-bond acceptors (Lipinski definition) is 4. The molecule has 0 unspecified atom stereocenters. The molecule has 0 bridgehead atoms. The molecule has 114 valence electrons. The Kier molecular flexibility index (Phi) is 4.57. The molecule has 6 nitrogen and oxygen atoms in total. The van der Waals surface area contributed by atoms with Crippen molar-refractivity contribution in [3.8, 4) is 0 Å². The molecular formula is C15H21N3O3. The van der Waals surface area contributed by atoms with Crippen molar-refractivity contribution in [2.24, 2.45) is 5.73 Å². The largest absolute Gasteiger partial charge is 0.345 e. The van der Waals surface area contributed by atoms with Crippen LogP contribution in [0.5, 0.6) is 0 Å². The summed E-state index contributed by atoms with van der Waals surface area (Å²) in [6, 6.07) is 4.64. The van der Waals surface area contributed by atoms with Gasteiger partial charge in [-0.1, -0.05) is 25.8 Å². The second-order valence-electron chi connectivity index (χ2n) is 5.60. The fourth-order valence-corrected chi connectivity index (χ4v) is 2.92. The molecule has 1 aromatic carbocycles. The molecule has 1 saturated carbocycles. The number of nitrogens with one attached hydrogen (secondary N) is 1. The maximum Gasteiger partial charge on any atom is 0.273 e. The van der Waals surface area contributed by atoms with Crippen molar-refractivity contribution in [2.45, 2.75) is 44.6 Å². The van der Waals surface area contributed by atoms with E-state index in [-0.39, 0.29) is 17.1 Å². The van der Waals surface area contributed by atoms with E-state index in [0.29, 0.717) is 24.1 Å². The van der Waals surface area contributed by atoms with Crippen molar-refractivity contribution < 1.29 is 9.72 Å². The molecule has 0 radical (unpaired) electrons. The van der Waals surface area contributed by atoms with Gasteiger partial charge in [-0.3, -0.25) is 14.9 Å². The molecular weight excluding hydrogens is 270 g/mol. The topological polar surface area (TPSA) is 98.3 Å². The molecule has 0 spiro atoms. The van der Waals surface area contributed by atoms with Gasteiger partial charge < -0.3 is 11.1 Å². The Bertz CT molecular complexity index is 551. The van der Waals surface area contributed by atoms with Gasteiger partial charge in [0.15, 0.2) is 0 Å². The van der Waals surface area contributed by atoms with E-state index >= 15 is 0 Å².